The van der Waals surface area contributed by atoms with Gasteiger partial charge in [-0.25, -0.2) is 0 Å². The van der Waals surface area contributed by atoms with E-state index in [1.165, 1.54) is 11.8 Å². The molecule has 0 aromatic heterocycles. The monoisotopic (exact) mass is 327 g/mol. The minimum atomic E-state index is -0.0112. The highest BCUT2D eigenvalue weighted by Crippen LogP contribution is 2.32. The molecule has 2 heterocycles. The summed E-state index contributed by atoms with van der Waals surface area (Å²) in [5, 5.41) is 6.14. The molecule has 1 saturated heterocycles. The highest BCUT2D eigenvalue weighted by atomic mass is 35.5. The Labute approximate surface area is 134 Å². The smallest absolute Gasteiger partial charge is 0.254 e. The van der Waals surface area contributed by atoms with E-state index < -0.39 is 0 Å². The van der Waals surface area contributed by atoms with E-state index in [1.54, 1.807) is 6.07 Å². The van der Waals surface area contributed by atoms with Crippen LogP contribution in [0, 0.1) is 0 Å². The number of halogens is 1. The van der Waals surface area contributed by atoms with E-state index in [0.717, 1.165) is 30.2 Å². The van der Waals surface area contributed by atoms with Gasteiger partial charge in [0.15, 0.2) is 0 Å². The number of hydrogen-bond acceptors (Lipinski definition) is 4. The van der Waals surface area contributed by atoms with Crippen LogP contribution in [0.2, 0.25) is 0 Å². The zero-order valence-corrected chi connectivity index (χ0v) is 13.4. The van der Waals surface area contributed by atoms with E-state index in [1.807, 2.05) is 17.0 Å². The molecule has 0 radical (unpaired) electrons. The first-order valence-electron chi connectivity index (χ1n) is 6.73. The number of carbonyl (C=O) groups excluding carboxylic acids is 2. The van der Waals surface area contributed by atoms with Crippen molar-refractivity contribution >= 4 is 41.7 Å². The summed E-state index contributed by atoms with van der Waals surface area (Å²) in [5.41, 5.74) is 1.39. The Bertz CT molecular complexity index is 567. The Morgan fingerprint density at radius 2 is 2.24 bits per heavy atom. The zero-order chi connectivity index (χ0) is 14.1. The molecule has 0 saturated carbocycles. The molecule has 5 nitrogen and oxygen atoms in total. The van der Waals surface area contributed by atoms with Crippen molar-refractivity contribution in [1.29, 1.82) is 0 Å². The quantitative estimate of drug-likeness (QED) is 0.822. The molecular weight excluding hydrogens is 310 g/mol. The van der Waals surface area contributed by atoms with Gasteiger partial charge in [-0.15, -0.1) is 24.2 Å². The average molecular weight is 328 g/mol. The van der Waals surface area contributed by atoms with E-state index in [4.69, 9.17) is 0 Å². The van der Waals surface area contributed by atoms with E-state index in [-0.39, 0.29) is 24.2 Å². The summed E-state index contributed by atoms with van der Waals surface area (Å²) in [6.07, 6.45) is 0. The van der Waals surface area contributed by atoms with Crippen LogP contribution in [0.1, 0.15) is 17.3 Å². The molecule has 114 valence electrons. The molecule has 2 N–H and O–H groups in total. The Morgan fingerprint density at radius 1 is 1.43 bits per heavy atom. The molecule has 7 heteroatoms. The molecule has 1 atom stereocenters. The van der Waals surface area contributed by atoms with Gasteiger partial charge in [-0.2, -0.15) is 0 Å². The standard InChI is InChI=1S/C14H17N3O2S.ClH/c1-9-7-17(5-4-15-9)14(19)10-2-3-12-11(6-10)16-13(18)8-20-12;/h2-3,6,9,15H,4-5,7-8H2,1H3,(H,16,18);1H. The van der Waals surface area contributed by atoms with Crippen LogP contribution in [0.25, 0.3) is 0 Å². The van der Waals surface area contributed by atoms with Crippen molar-refractivity contribution in [1.82, 2.24) is 10.2 Å². The van der Waals surface area contributed by atoms with Gasteiger partial charge in [0, 0.05) is 36.1 Å². The van der Waals surface area contributed by atoms with Gasteiger partial charge in [0.2, 0.25) is 5.91 Å². The average Bonchev–Trinajstić information content (AvgIpc) is 2.45. The largest absolute Gasteiger partial charge is 0.336 e. The molecule has 2 aliphatic rings. The van der Waals surface area contributed by atoms with Crippen molar-refractivity contribution in [3.63, 3.8) is 0 Å². The second-order valence-corrected chi connectivity index (χ2v) is 6.17. The molecule has 1 aromatic rings. The molecular formula is C14H18ClN3O2S. The molecule has 3 rings (SSSR count). The second-order valence-electron chi connectivity index (χ2n) is 5.15. The summed E-state index contributed by atoms with van der Waals surface area (Å²) in [4.78, 5) is 26.8. The van der Waals surface area contributed by atoms with Gasteiger partial charge in [-0.05, 0) is 25.1 Å². The van der Waals surface area contributed by atoms with Gasteiger partial charge in [0.25, 0.3) is 5.91 Å². The Hall–Kier alpha value is -1.24. The molecule has 2 amide bonds. The predicted octanol–water partition coefficient (Wildman–Crippen LogP) is 1.59. The van der Waals surface area contributed by atoms with Gasteiger partial charge in [0.1, 0.15) is 0 Å². The van der Waals surface area contributed by atoms with Crippen LogP contribution in [0.4, 0.5) is 5.69 Å². The number of thioether (sulfide) groups is 1. The predicted molar refractivity (Wildman–Crippen MR) is 86.4 cm³/mol. The fourth-order valence-electron chi connectivity index (χ4n) is 2.52. The first-order chi connectivity index (χ1) is 9.63. The number of nitrogens with one attached hydrogen (secondary N) is 2. The van der Waals surface area contributed by atoms with Gasteiger partial charge in [0.05, 0.1) is 11.4 Å². The zero-order valence-electron chi connectivity index (χ0n) is 11.7. The summed E-state index contributed by atoms with van der Waals surface area (Å²) in [6.45, 7) is 4.34. The Morgan fingerprint density at radius 3 is 3.00 bits per heavy atom. The molecule has 0 bridgehead atoms. The number of nitrogens with zero attached hydrogens (tertiary/aromatic N) is 1. The fourth-order valence-corrected chi connectivity index (χ4v) is 3.30. The van der Waals surface area contributed by atoms with Crippen molar-refractivity contribution in [2.45, 2.75) is 17.9 Å². The highest BCUT2D eigenvalue weighted by molar-refractivity contribution is 8.00. The third-order valence-electron chi connectivity index (χ3n) is 3.52. The van der Waals surface area contributed by atoms with Gasteiger partial charge >= 0.3 is 0 Å². The highest BCUT2D eigenvalue weighted by Gasteiger charge is 2.23. The maximum Gasteiger partial charge on any atom is 0.254 e. The summed E-state index contributed by atoms with van der Waals surface area (Å²) < 4.78 is 0. The van der Waals surface area contributed by atoms with E-state index >= 15 is 0 Å². The molecule has 0 spiro atoms. The van der Waals surface area contributed by atoms with Crippen molar-refractivity contribution in [3.8, 4) is 0 Å². The SMILES string of the molecule is CC1CN(C(=O)c2ccc3c(c2)NC(=O)CS3)CCN1.Cl. The topological polar surface area (TPSA) is 61.4 Å². The maximum atomic E-state index is 12.5. The van der Waals surface area contributed by atoms with Gasteiger partial charge in [-0.3, -0.25) is 9.59 Å². The van der Waals surface area contributed by atoms with Crippen LogP contribution in [0.5, 0.6) is 0 Å². The molecule has 1 unspecified atom stereocenters. The van der Waals surface area contributed by atoms with Crippen LogP contribution in [-0.4, -0.2) is 48.1 Å². The van der Waals surface area contributed by atoms with Crippen molar-refractivity contribution in [2.75, 3.05) is 30.7 Å². The second kappa shape index (κ2) is 6.68. The lowest BCUT2D eigenvalue weighted by atomic mass is 10.1. The first-order valence-corrected chi connectivity index (χ1v) is 7.71. The maximum absolute atomic E-state index is 12.5. The van der Waals surface area contributed by atoms with Crippen LogP contribution in [-0.2, 0) is 4.79 Å². The molecule has 0 aliphatic carbocycles. The number of anilines is 1. The molecule has 21 heavy (non-hydrogen) atoms. The van der Waals surface area contributed by atoms with E-state index in [0.29, 0.717) is 17.4 Å². The van der Waals surface area contributed by atoms with Gasteiger partial charge in [-0.1, -0.05) is 0 Å². The van der Waals surface area contributed by atoms with Crippen LogP contribution in [0.15, 0.2) is 23.1 Å². The minimum absolute atomic E-state index is 0. The summed E-state index contributed by atoms with van der Waals surface area (Å²) >= 11 is 1.51. The summed E-state index contributed by atoms with van der Waals surface area (Å²) in [5.74, 6) is 0.462. The number of carbonyl (C=O) groups is 2. The number of amides is 2. The minimum Gasteiger partial charge on any atom is -0.336 e. The normalized spacial score (nSPS) is 21.1. The first kappa shape index (κ1) is 16.1. The lowest BCUT2D eigenvalue weighted by molar-refractivity contribution is -0.113. The van der Waals surface area contributed by atoms with Crippen LogP contribution < -0.4 is 10.6 Å². The Kier molecular flexibility index (Phi) is 5.13. The summed E-state index contributed by atoms with van der Waals surface area (Å²) in [6, 6.07) is 5.87. The number of piperazine rings is 1. The number of hydrogen-bond donors (Lipinski definition) is 2. The number of fused-ring (bicyclic) bond motifs is 1. The fraction of sp³-hybridized carbons (Fsp3) is 0.429. The third kappa shape index (κ3) is 3.51. The number of benzene rings is 1. The summed E-state index contributed by atoms with van der Waals surface area (Å²) in [7, 11) is 0. The molecule has 1 fully saturated rings. The van der Waals surface area contributed by atoms with Gasteiger partial charge < -0.3 is 15.5 Å². The van der Waals surface area contributed by atoms with Crippen molar-refractivity contribution in [2.24, 2.45) is 0 Å². The van der Waals surface area contributed by atoms with Crippen LogP contribution >= 0.6 is 24.2 Å². The van der Waals surface area contributed by atoms with E-state index in [2.05, 4.69) is 17.6 Å². The lowest BCUT2D eigenvalue weighted by Gasteiger charge is -2.32. The van der Waals surface area contributed by atoms with E-state index in [9.17, 15) is 9.59 Å². The van der Waals surface area contributed by atoms with Crippen molar-refractivity contribution < 1.29 is 9.59 Å². The third-order valence-corrected chi connectivity index (χ3v) is 4.59. The van der Waals surface area contributed by atoms with Crippen LogP contribution in [0.3, 0.4) is 0 Å². The van der Waals surface area contributed by atoms with Crippen molar-refractivity contribution in [3.05, 3.63) is 23.8 Å². The number of rotatable bonds is 1. The molecule has 1 aromatic carbocycles. The lowest BCUT2D eigenvalue weighted by Crippen LogP contribution is -2.51. The Balaban J connectivity index is 0.00000161. The molecule has 2 aliphatic heterocycles.